The number of halogens is 1. The van der Waals surface area contributed by atoms with Gasteiger partial charge in [-0.15, -0.1) is 0 Å². The molecular weight excluding hydrogens is 398 g/mol. The van der Waals surface area contributed by atoms with Crippen molar-refractivity contribution in [3.05, 3.63) is 50.9 Å². The zero-order valence-corrected chi connectivity index (χ0v) is 17.6. The molecule has 0 saturated heterocycles. The van der Waals surface area contributed by atoms with Crippen molar-refractivity contribution in [2.24, 2.45) is 0 Å². The predicted molar refractivity (Wildman–Crippen MR) is 112 cm³/mol. The maximum atomic E-state index is 12.9. The molecule has 2 aromatic heterocycles. The van der Waals surface area contributed by atoms with Crippen LogP contribution in [-0.4, -0.2) is 31.0 Å². The number of nitrogens with one attached hydrogen (secondary N) is 1. The van der Waals surface area contributed by atoms with E-state index in [-0.39, 0.29) is 17.2 Å². The molecule has 3 aromatic rings. The summed E-state index contributed by atoms with van der Waals surface area (Å²) >= 11 is 7.35. The molecule has 2 heterocycles. The van der Waals surface area contributed by atoms with Gasteiger partial charge in [0.1, 0.15) is 5.52 Å². The summed E-state index contributed by atoms with van der Waals surface area (Å²) in [4.78, 5) is 29.8. The Morgan fingerprint density at radius 1 is 1.25 bits per heavy atom. The van der Waals surface area contributed by atoms with Gasteiger partial charge in [0.25, 0.3) is 5.56 Å². The van der Waals surface area contributed by atoms with Crippen LogP contribution in [0.3, 0.4) is 0 Å². The number of aryl methyl sites for hydroxylation is 2. The van der Waals surface area contributed by atoms with Gasteiger partial charge in [0, 0.05) is 24.7 Å². The molecule has 0 aliphatic heterocycles. The Hall–Kier alpha value is -2.32. The zero-order valence-electron chi connectivity index (χ0n) is 16.0. The third kappa shape index (κ3) is 4.07. The summed E-state index contributed by atoms with van der Waals surface area (Å²) in [6, 6.07) is 7.38. The molecule has 0 atom stereocenters. The molecule has 0 unspecified atom stereocenters. The summed E-state index contributed by atoms with van der Waals surface area (Å²) in [5.41, 5.74) is 2.54. The lowest BCUT2D eigenvalue weighted by molar-refractivity contribution is -0.118. The fourth-order valence-corrected chi connectivity index (χ4v) is 4.01. The number of amides is 1. The first-order chi connectivity index (χ1) is 13.5. The number of hydrogen-bond donors (Lipinski definition) is 1. The Morgan fingerprint density at radius 2 is 2.00 bits per heavy atom. The van der Waals surface area contributed by atoms with Crippen LogP contribution in [0.1, 0.15) is 25.1 Å². The van der Waals surface area contributed by atoms with E-state index in [0.717, 1.165) is 5.56 Å². The van der Waals surface area contributed by atoms with Crippen molar-refractivity contribution in [3.63, 3.8) is 0 Å². The van der Waals surface area contributed by atoms with Gasteiger partial charge in [-0.1, -0.05) is 41.6 Å². The molecule has 1 N–H and O–H groups in total. The largest absolute Gasteiger partial charge is 0.351 e. The number of fused-ring (bicyclic) bond motifs is 1. The molecule has 148 valence electrons. The molecule has 0 aliphatic carbocycles. The van der Waals surface area contributed by atoms with E-state index >= 15 is 0 Å². The van der Waals surface area contributed by atoms with Gasteiger partial charge in [-0.2, -0.15) is 5.10 Å². The molecule has 1 amide bonds. The number of carbonyl (C=O) groups is 1. The van der Waals surface area contributed by atoms with Crippen molar-refractivity contribution >= 4 is 40.3 Å². The lowest BCUT2D eigenvalue weighted by Gasteiger charge is -2.11. The SMILES string of the molecule is CCn1c(SCC(=O)NCc2ccccc2Cl)nc2c(C)nn(CC)c2c1=O. The highest BCUT2D eigenvalue weighted by Crippen LogP contribution is 2.20. The summed E-state index contributed by atoms with van der Waals surface area (Å²) in [5.74, 6) is 0.00601. The maximum Gasteiger partial charge on any atom is 0.280 e. The van der Waals surface area contributed by atoms with Crippen molar-refractivity contribution in [2.75, 3.05) is 5.75 Å². The van der Waals surface area contributed by atoms with Crippen molar-refractivity contribution in [1.29, 1.82) is 0 Å². The van der Waals surface area contributed by atoms with Gasteiger partial charge < -0.3 is 5.32 Å². The average Bonchev–Trinajstić information content (AvgIpc) is 3.02. The van der Waals surface area contributed by atoms with E-state index in [9.17, 15) is 9.59 Å². The molecule has 28 heavy (non-hydrogen) atoms. The Kier molecular flexibility index (Phi) is 6.41. The smallest absolute Gasteiger partial charge is 0.280 e. The van der Waals surface area contributed by atoms with E-state index in [4.69, 9.17) is 11.6 Å². The second kappa shape index (κ2) is 8.79. The van der Waals surface area contributed by atoms with Crippen LogP contribution in [0.15, 0.2) is 34.2 Å². The van der Waals surface area contributed by atoms with Crippen LogP contribution >= 0.6 is 23.4 Å². The minimum atomic E-state index is -0.150. The minimum absolute atomic E-state index is 0.131. The molecule has 9 heteroatoms. The summed E-state index contributed by atoms with van der Waals surface area (Å²) in [7, 11) is 0. The summed E-state index contributed by atoms with van der Waals surface area (Å²) < 4.78 is 3.26. The highest BCUT2D eigenvalue weighted by atomic mass is 35.5. The van der Waals surface area contributed by atoms with Crippen molar-refractivity contribution in [3.8, 4) is 0 Å². The molecule has 0 spiro atoms. The number of nitrogens with zero attached hydrogens (tertiary/aromatic N) is 4. The monoisotopic (exact) mass is 419 g/mol. The van der Waals surface area contributed by atoms with Crippen molar-refractivity contribution < 1.29 is 4.79 Å². The van der Waals surface area contributed by atoms with Gasteiger partial charge in [-0.3, -0.25) is 18.8 Å². The molecule has 3 rings (SSSR count). The van der Waals surface area contributed by atoms with Crippen LogP contribution in [0.4, 0.5) is 0 Å². The zero-order chi connectivity index (χ0) is 20.3. The van der Waals surface area contributed by atoms with Crippen molar-refractivity contribution in [1.82, 2.24) is 24.6 Å². The number of carbonyl (C=O) groups excluding carboxylic acids is 1. The molecule has 0 aliphatic rings. The number of aromatic nitrogens is 4. The third-order valence-corrected chi connectivity index (χ3v) is 5.71. The quantitative estimate of drug-likeness (QED) is 0.470. The van der Waals surface area contributed by atoms with Gasteiger partial charge in [0.15, 0.2) is 10.7 Å². The number of thioether (sulfide) groups is 1. The molecule has 0 bridgehead atoms. The fraction of sp³-hybridized carbons (Fsp3) is 0.368. The normalized spacial score (nSPS) is 11.1. The van der Waals surface area contributed by atoms with Gasteiger partial charge in [-0.25, -0.2) is 4.98 Å². The molecular formula is C19H22ClN5O2S. The van der Waals surface area contributed by atoms with Gasteiger partial charge in [0.05, 0.1) is 11.4 Å². The first-order valence-electron chi connectivity index (χ1n) is 9.07. The van der Waals surface area contributed by atoms with Gasteiger partial charge in [0.2, 0.25) is 5.91 Å². The van der Waals surface area contributed by atoms with E-state index in [1.807, 2.05) is 39.0 Å². The molecule has 0 fully saturated rings. The Bertz CT molecular complexity index is 1080. The van der Waals surface area contributed by atoms with E-state index < -0.39 is 0 Å². The standard InChI is InChI=1S/C19H22ClN5O2S/c1-4-24-18(27)17-16(12(3)23-25(17)5-2)22-19(24)28-11-15(26)21-10-13-8-6-7-9-14(13)20/h6-9H,4-5,10-11H2,1-3H3,(H,21,26). The first-order valence-corrected chi connectivity index (χ1v) is 10.4. The summed E-state index contributed by atoms with van der Waals surface area (Å²) in [5, 5.41) is 8.38. The van der Waals surface area contributed by atoms with Gasteiger partial charge in [-0.05, 0) is 32.4 Å². The molecule has 0 saturated carbocycles. The number of rotatable bonds is 7. The Balaban J connectivity index is 1.77. The summed E-state index contributed by atoms with van der Waals surface area (Å²) in [6.45, 7) is 7.08. The minimum Gasteiger partial charge on any atom is -0.351 e. The van der Waals surface area contributed by atoms with E-state index in [1.165, 1.54) is 11.8 Å². The molecule has 0 radical (unpaired) electrons. The van der Waals surface area contributed by atoms with Crippen LogP contribution < -0.4 is 10.9 Å². The average molecular weight is 420 g/mol. The Morgan fingerprint density at radius 3 is 2.68 bits per heavy atom. The van der Waals surface area contributed by atoms with Crippen LogP contribution in [0.5, 0.6) is 0 Å². The topological polar surface area (TPSA) is 81.8 Å². The Labute approximate surface area is 172 Å². The fourth-order valence-electron chi connectivity index (χ4n) is 2.92. The number of hydrogen-bond acceptors (Lipinski definition) is 5. The van der Waals surface area contributed by atoms with E-state index in [0.29, 0.717) is 46.5 Å². The van der Waals surface area contributed by atoms with Crippen LogP contribution in [0.2, 0.25) is 5.02 Å². The molecule has 7 nitrogen and oxygen atoms in total. The van der Waals surface area contributed by atoms with Gasteiger partial charge >= 0.3 is 0 Å². The summed E-state index contributed by atoms with van der Waals surface area (Å²) in [6.07, 6.45) is 0. The van der Waals surface area contributed by atoms with Crippen LogP contribution in [0, 0.1) is 6.92 Å². The predicted octanol–water partition coefficient (Wildman–Crippen LogP) is 3.00. The highest BCUT2D eigenvalue weighted by Gasteiger charge is 2.18. The number of benzene rings is 1. The lowest BCUT2D eigenvalue weighted by Crippen LogP contribution is -2.27. The maximum absolute atomic E-state index is 12.9. The molecule has 1 aromatic carbocycles. The second-order valence-electron chi connectivity index (χ2n) is 6.20. The highest BCUT2D eigenvalue weighted by molar-refractivity contribution is 7.99. The third-order valence-electron chi connectivity index (χ3n) is 4.36. The lowest BCUT2D eigenvalue weighted by atomic mass is 10.2. The van der Waals surface area contributed by atoms with E-state index in [2.05, 4.69) is 15.4 Å². The van der Waals surface area contributed by atoms with Crippen LogP contribution in [0.25, 0.3) is 11.0 Å². The first kappa shape index (κ1) is 20.4. The van der Waals surface area contributed by atoms with E-state index in [1.54, 1.807) is 15.3 Å². The second-order valence-corrected chi connectivity index (χ2v) is 7.55. The van der Waals surface area contributed by atoms with Crippen molar-refractivity contribution in [2.45, 2.75) is 45.6 Å². The van der Waals surface area contributed by atoms with Crippen LogP contribution in [-0.2, 0) is 24.4 Å².